The summed E-state index contributed by atoms with van der Waals surface area (Å²) in [6, 6.07) is 6.41. The molecule has 9 N–H and O–H groups in total. The Hall–Kier alpha value is -2.79. The molecule has 3 atom stereocenters. The molecule has 172 valence electrons. The van der Waals surface area contributed by atoms with E-state index in [-0.39, 0.29) is 25.3 Å². The molecular formula is C20H32N6O4S. The minimum absolute atomic E-state index is 0.0714. The van der Waals surface area contributed by atoms with Crippen LogP contribution in [0.3, 0.4) is 0 Å². The molecule has 0 saturated heterocycles. The zero-order valence-electron chi connectivity index (χ0n) is 17.6. The maximum atomic E-state index is 12.7. The zero-order valence-corrected chi connectivity index (χ0v) is 18.4. The first kappa shape index (κ1) is 26.2. The van der Waals surface area contributed by atoms with E-state index in [0.29, 0.717) is 18.6 Å². The van der Waals surface area contributed by atoms with Crippen LogP contribution >= 0.6 is 11.8 Å². The van der Waals surface area contributed by atoms with Gasteiger partial charge in [-0.3, -0.25) is 14.6 Å². The predicted molar refractivity (Wildman–Crippen MR) is 123 cm³/mol. The van der Waals surface area contributed by atoms with Crippen molar-refractivity contribution < 1.29 is 19.5 Å². The third-order valence-electron chi connectivity index (χ3n) is 4.44. The molecule has 0 fully saturated rings. The number of amides is 2. The van der Waals surface area contributed by atoms with Crippen LogP contribution in [0.4, 0.5) is 0 Å². The minimum atomic E-state index is -1.13. The molecule has 31 heavy (non-hydrogen) atoms. The Kier molecular flexibility index (Phi) is 12.1. The highest BCUT2D eigenvalue weighted by molar-refractivity contribution is 7.98. The van der Waals surface area contributed by atoms with Crippen LogP contribution in [0.1, 0.15) is 24.8 Å². The normalized spacial score (nSPS) is 13.5. The van der Waals surface area contributed by atoms with E-state index in [1.165, 1.54) is 11.8 Å². The van der Waals surface area contributed by atoms with Crippen molar-refractivity contribution in [3.63, 3.8) is 0 Å². The van der Waals surface area contributed by atoms with Gasteiger partial charge in [-0.1, -0.05) is 30.3 Å². The van der Waals surface area contributed by atoms with Crippen LogP contribution in [0, 0.1) is 0 Å². The van der Waals surface area contributed by atoms with Crippen molar-refractivity contribution in [3.8, 4) is 0 Å². The molecule has 0 bridgehead atoms. The number of rotatable bonds is 14. The molecule has 0 radical (unpaired) electrons. The Morgan fingerprint density at radius 3 is 2.29 bits per heavy atom. The highest BCUT2D eigenvalue weighted by Gasteiger charge is 2.27. The molecule has 0 heterocycles. The van der Waals surface area contributed by atoms with E-state index in [9.17, 15) is 19.5 Å². The van der Waals surface area contributed by atoms with E-state index < -0.39 is 35.9 Å². The summed E-state index contributed by atoms with van der Waals surface area (Å²) >= 11 is 1.48. The molecule has 1 aromatic rings. The molecule has 0 aromatic heterocycles. The number of hydrogen-bond acceptors (Lipinski definition) is 6. The number of aliphatic carboxylic acids is 1. The number of nitrogens with zero attached hydrogens (tertiary/aromatic N) is 1. The van der Waals surface area contributed by atoms with Crippen molar-refractivity contribution in [2.24, 2.45) is 22.2 Å². The summed E-state index contributed by atoms with van der Waals surface area (Å²) in [5, 5.41) is 14.5. The van der Waals surface area contributed by atoms with Crippen LogP contribution in [-0.2, 0) is 20.8 Å². The second kappa shape index (κ2) is 14.3. The second-order valence-corrected chi connectivity index (χ2v) is 7.97. The van der Waals surface area contributed by atoms with Gasteiger partial charge in [-0.15, -0.1) is 0 Å². The van der Waals surface area contributed by atoms with E-state index >= 15 is 0 Å². The van der Waals surface area contributed by atoms with Crippen molar-refractivity contribution in [3.05, 3.63) is 35.9 Å². The van der Waals surface area contributed by atoms with Crippen molar-refractivity contribution >= 4 is 35.5 Å². The quantitative estimate of drug-likeness (QED) is 0.123. The summed E-state index contributed by atoms with van der Waals surface area (Å²) in [7, 11) is 0. The maximum Gasteiger partial charge on any atom is 0.326 e. The van der Waals surface area contributed by atoms with Gasteiger partial charge >= 0.3 is 5.97 Å². The molecule has 1 rings (SSSR count). The number of benzene rings is 1. The van der Waals surface area contributed by atoms with Gasteiger partial charge in [-0.05, 0) is 43.3 Å². The first-order chi connectivity index (χ1) is 14.7. The molecule has 0 unspecified atom stereocenters. The highest BCUT2D eigenvalue weighted by atomic mass is 32.2. The molecule has 0 aliphatic rings. The van der Waals surface area contributed by atoms with Crippen LogP contribution in [0.25, 0.3) is 0 Å². The molecular weight excluding hydrogens is 420 g/mol. The van der Waals surface area contributed by atoms with Gasteiger partial charge < -0.3 is 32.9 Å². The summed E-state index contributed by atoms with van der Waals surface area (Å²) in [5.41, 5.74) is 17.5. The van der Waals surface area contributed by atoms with E-state index in [4.69, 9.17) is 17.2 Å². The number of nitrogens with one attached hydrogen (secondary N) is 2. The number of thioether (sulfide) groups is 1. The Balaban J connectivity index is 2.80. The van der Waals surface area contributed by atoms with Crippen LogP contribution in [0.5, 0.6) is 0 Å². The van der Waals surface area contributed by atoms with Crippen molar-refractivity contribution in [2.45, 2.75) is 43.8 Å². The van der Waals surface area contributed by atoms with Crippen molar-refractivity contribution in [1.29, 1.82) is 0 Å². The minimum Gasteiger partial charge on any atom is -0.480 e. The highest BCUT2D eigenvalue weighted by Crippen LogP contribution is 2.06. The lowest BCUT2D eigenvalue weighted by Gasteiger charge is -2.23. The largest absolute Gasteiger partial charge is 0.480 e. The van der Waals surface area contributed by atoms with E-state index in [2.05, 4.69) is 15.6 Å². The van der Waals surface area contributed by atoms with Crippen molar-refractivity contribution in [2.75, 3.05) is 18.6 Å². The fourth-order valence-corrected chi connectivity index (χ4v) is 3.25. The van der Waals surface area contributed by atoms with Gasteiger partial charge in [0.15, 0.2) is 5.96 Å². The first-order valence-corrected chi connectivity index (χ1v) is 11.3. The second-order valence-electron chi connectivity index (χ2n) is 6.99. The fourth-order valence-electron chi connectivity index (χ4n) is 2.78. The summed E-state index contributed by atoms with van der Waals surface area (Å²) in [6.07, 6.45) is 3.06. The Bertz CT molecular complexity index is 742. The van der Waals surface area contributed by atoms with E-state index in [1.54, 1.807) is 0 Å². The average Bonchev–Trinajstić information content (AvgIpc) is 2.73. The lowest BCUT2D eigenvalue weighted by atomic mass is 10.0. The Labute approximate surface area is 186 Å². The lowest BCUT2D eigenvalue weighted by molar-refractivity contribution is -0.142. The molecule has 1 aromatic carbocycles. The predicted octanol–water partition coefficient (Wildman–Crippen LogP) is -0.583. The van der Waals surface area contributed by atoms with Crippen LogP contribution in [0.2, 0.25) is 0 Å². The molecule has 2 amide bonds. The molecule has 0 spiro atoms. The summed E-state index contributed by atoms with van der Waals surface area (Å²) in [4.78, 5) is 40.7. The Morgan fingerprint density at radius 2 is 1.71 bits per heavy atom. The third kappa shape index (κ3) is 10.7. The topological polar surface area (TPSA) is 186 Å². The van der Waals surface area contributed by atoms with E-state index in [0.717, 1.165) is 5.56 Å². The van der Waals surface area contributed by atoms with Gasteiger partial charge in [0, 0.05) is 6.54 Å². The van der Waals surface area contributed by atoms with E-state index in [1.807, 2.05) is 36.6 Å². The third-order valence-corrected chi connectivity index (χ3v) is 5.08. The van der Waals surface area contributed by atoms with Gasteiger partial charge in [-0.2, -0.15) is 11.8 Å². The summed E-state index contributed by atoms with van der Waals surface area (Å²) in [5.74, 6) is -1.72. The van der Waals surface area contributed by atoms with Gasteiger partial charge in [0.05, 0.1) is 6.04 Å². The Morgan fingerprint density at radius 1 is 1.06 bits per heavy atom. The number of carboxylic acid groups (broad SMARTS) is 1. The SMILES string of the molecule is CSCC[C@H](NC(=O)[C@H](CCCN=C(N)N)NC(=O)[C@@H](N)Cc1ccccc1)C(=O)O. The number of nitrogens with two attached hydrogens (primary N) is 3. The maximum absolute atomic E-state index is 12.7. The lowest BCUT2D eigenvalue weighted by Crippen LogP contribution is -2.54. The van der Waals surface area contributed by atoms with Gasteiger partial charge in [0.1, 0.15) is 12.1 Å². The molecule has 11 heteroatoms. The first-order valence-electron chi connectivity index (χ1n) is 9.92. The van der Waals surface area contributed by atoms with Crippen LogP contribution < -0.4 is 27.8 Å². The monoisotopic (exact) mass is 452 g/mol. The molecule has 0 aliphatic heterocycles. The van der Waals surface area contributed by atoms with Gasteiger partial charge in [-0.25, -0.2) is 4.79 Å². The number of aliphatic imine (C=N–C) groups is 1. The molecule has 10 nitrogen and oxygen atoms in total. The summed E-state index contributed by atoms with van der Waals surface area (Å²) in [6.45, 7) is 0.271. The number of carboxylic acids is 1. The average molecular weight is 453 g/mol. The number of carbonyl (C=O) groups excluding carboxylic acids is 2. The smallest absolute Gasteiger partial charge is 0.326 e. The standard InChI is InChI=1S/C20H32N6O4S/c1-31-11-9-16(19(29)30)26-18(28)15(8-5-10-24-20(22)23)25-17(27)14(21)12-13-6-3-2-4-7-13/h2-4,6-7,14-16H,5,8-12,21H2,1H3,(H,25,27)(H,26,28)(H,29,30)(H4,22,23,24)/t14-,15-,16-/m0/s1. The molecule has 0 aliphatic carbocycles. The number of carbonyl (C=O) groups is 3. The number of hydrogen-bond donors (Lipinski definition) is 6. The number of guanidine groups is 1. The summed E-state index contributed by atoms with van der Waals surface area (Å²) < 4.78 is 0. The van der Waals surface area contributed by atoms with Crippen molar-refractivity contribution in [1.82, 2.24) is 10.6 Å². The van der Waals surface area contributed by atoms with Crippen LogP contribution in [0.15, 0.2) is 35.3 Å². The fraction of sp³-hybridized carbons (Fsp3) is 0.500. The van der Waals surface area contributed by atoms with Gasteiger partial charge in [0.2, 0.25) is 11.8 Å². The zero-order chi connectivity index (χ0) is 23.2. The van der Waals surface area contributed by atoms with Crippen LogP contribution in [-0.4, -0.2) is 65.5 Å². The van der Waals surface area contributed by atoms with Gasteiger partial charge in [0.25, 0.3) is 0 Å². The molecule has 0 saturated carbocycles.